The largest absolute Gasteiger partial charge is 0.493 e. The van der Waals surface area contributed by atoms with E-state index in [-0.39, 0.29) is 11.3 Å². The summed E-state index contributed by atoms with van der Waals surface area (Å²) in [5, 5.41) is 6.21. The number of amides is 1. The van der Waals surface area contributed by atoms with E-state index in [1.165, 1.54) is 0 Å². The van der Waals surface area contributed by atoms with Gasteiger partial charge >= 0.3 is 0 Å². The topological polar surface area (TPSA) is 59.6 Å². The van der Waals surface area contributed by atoms with Gasteiger partial charge in [0.15, 0.2) is 11.5 Å². The Kier molecular flexibility index (Phi) is 4.71. The van der Waals surface area contributed by atoms with Crippen LogP contribution >= 0.6 is 0 Å². The quantitative estimate of drug-likeness (QED) is 0.884. The van der Waals surface area contributed by atoms with Crippen molar-refractivity contribution < 1.29 is 14.3 Å². The Labute approximate surface area is 142 Å². The summed E-state index contributed by atoms with van der Waals surface area (Å²) < 4.78 is 11.1. The van der Waals surface area contributed by atoms with Crippen LogP contribution in [-0.2, 0) is 4.79 Å². The molecule has 1 saturated heterocycles. The van der Waals surface area contributed by atoms with E-state index < -0.39 is 0 Å². The second kappa shape index (κ2) is 6.93. The molecule has 0 aromatic heterocycles. The predicted molar refractivity (Wildman–Crippen MR) is 93.7 cm³/mol. The first-order valence-corrected chi connectivity index (χ1v) is 8.04. The van der Waals surface area contributed by atoms with E-state index in [0.29, 0.717) is 23.8 Å². The zero-order chi connectivity index (χ0) is 17.0. The normalized spacial score (nSPS) is 19.8. The fourth-order valence-corrected chi connectivity index (χ4v) is 2.73. The molecule has 0 spiro atoms. The van der Waals surface area contributed by atoms with Crippen LogP contribution in [0, 0.1) is 5.41 Å². The molecule has 1 atom stereocenters. The Morgan fingerprint density at radius 3 is 2.46 bits per heavy atom. The second-order valence-electron chi connectivity index (χ2n) is 6.22. The minimum absolute atomic E-state index is 0.0471. The van der Waals surface area contributed by atoms with Crippen LogP contribution in [0.25, 0.3) is 0 Å². The highest BCUT2D eigenvalue weighted by atomic mass is 16.5. The average molecular weight is 326 g/mol. The number of carbonyl (C=O) groups is 1. The molecule has 1 amide bonds. The number of para-hydroxylation sites is 2. The molecule has 1 aliphatic rings. The maximum atomic E-state index is 12.4. The maximum absolute atomic E-state index is 12.4. The van der Waals surface area contributed by atoms with Crippen molar-refractivity contribution in [2.24, 2.45) is 5.41 Å². The van der Waals surface area contributed by atoms with Gasteiger partial charge in [-0.1, -0.05) is 12.1 Å². The molecule has 1 heterocycles. The first kappa shape index (κ1) is 16.3. The third-order valence-electron chi connectivity index (χ3n) is 4.33. The summed E-state index contributed by atoms with van der Waals surface area (Å²) in [7, 11) is 1.61. The first-order chi connectivity index (χ1) is 11.6. The highest BCUT2D eigenvalue weighted by molar-refractivity contribution is 5.95. The van der Waals surface area contributed by atoms with E-state index in [2.05, 4.69) is 10.6 Å². The van der Waals surface area contributed by atoms with Gasteiger partial charge in [-0.2, -0.15) is 0 Å². The minimum atomic E-state index is -0.341. The molecule has 0 saturated carbocycles. The third-order valence-corrected chi connectivity index (χ3v) is 4.33. The van der Waals surface area contributed by atoms with Crippen LogP contribution in [0.1, 0.15) is 13.3 Å². The molecule has 2 N–H and O–H groups in total. The van der Waals surface area contributed by atoms with Crippen molar-refractivity contribution in [3.8, 4) is 17.2 Å². The summed E-state index contributed by atoms with van der Waals surface area (Å²) in [5.41, 5.74) is 0.424. The number of anilines is 1. The molecular formula is C19H22N2O3. The van der Waals surface area contributed by atoms with Gasteiger partial charge in [-0.05, 0) is 56.3 Å². The van der Waals surface area contributed by atoms with Crippen molar-refractivity contribution in [2.75, 3.05) is 25.5 Å². The Balaban J connectivity index is 1.66. The van der Waals surface area contributed by atoms with Crippen molar-refractivity contribution in [3.05, 3.63) is 48.5 Å². The van der Waals surface area contributed by atoms with Crippen LogP contribution in [0.5, 0.6) is 17.2 Å². The summed E-state index contributed by atoms with van der Waals surface area (Å²) >= 11 is 0. The van der Waals surface area contributed by atoms with Gasteiger partial charge in [0, 0.05) is 12.2 Å². The van der Waals surface area contributed by atoms with E-state index in [1.54, 1.807) is 7.11 Å². The lowest BCUT2D eigenvalue weighted by atomic mass is 9.89. The highest BCUT2D eigenvalue weighted by Crippen LogP contribution is 2.32. The number of carbonyl (C=O) groups excluding carboxylic acids is 1. The fourth-order valence-electron chi connectivity index (χ4n) is 2.73. The molecule has 1 unspecified atom stereocenters. The smallest absolute Gasteiger partial charge is 0.231 e. The summed E-state index contributed by atoms with van der Waals surface area (Å²) in [6.07, 6.45) is 0.855. The fraction of sp³-hybridized carbons (Fsp3) is 0.316. The van der Waals surface area contributed by atoms with Gasteiger partial charge in [-0.15, -0.1) is 0 Å². The highest BCUT2D eigenvalue weighted by Gasteiger charge is 2.36. The second-order valence-corrected chi connectivity index (χ2v) is 6.22. The van der Waals surface area contributed by atoms with Crippen LogP contribution in [0.2, 0.25) is 0 Å². The summed E-state index contributed by atoms with van der Waals surface area (Å²) in [6.45, 7) is 3.59. The Bertz CT molecular complexity index is 707. The average Bonchev–Trinajstić information content (AvgIpc) is 3.05. The molecule has 24 heavy (non-hydrogen) atoms. The van der Waals surface area contributed by atoms with Crippen LogP contribution < -0.4 is 20.1 Å². The number of hydrogen-bond donors (Lipinski definition) is 2. The lowest BCUT2D eigenvalue weighted by Gasteiger charge is -2.21. The summed E-state index contributed by atoms with van der Waals surface area (Å²) in [6, 6.07) is 14.8. The molecule has 5 nitrogen and oxygen atoms in total. The number of nitrogens with one attached hydrogen (secondary N) is 2. The number of hydrogen-bond acceptors (Lipinski definition) is 4. The molecule has 5 heteroatoms. The van der Waals surface area contributed by atoms with E-state index in [9.17, 15) is 4.79 Å². The summed E-state index contributed by atoms with van der Waals surface area (Å²) in [4.78, 5) is 12.4. The zero-order valence-corrected chi connectivity index (χ0v) is 14.0. The molecular weight excluding hydrogens is 304 g/mol. The Hall–Kier alpha value is -2.53. The number of methoxy groups -OCH3 is 1. The summed E-state index contributed by atoms with van der Waals surface area (Å²) in [5.74, 6) is 2.06. The minimum Gasteiger partial charge on any atom is -0.493 e. The van der Waals surface area contributed by atoms with E-state index >= 15 is 0 Å². The molecule has 1 aliphatic heterocycles. The molecule has 3 rings (SSSR count). The standard InChI is InChI=1S/C19H22N2O3/c1-19(11-12-20-13-19)18(22)21-14-7-9-15(10-8-14)24-17-6-4-3-5-16(17)23-2/h3-10,20H,11-13H2,1-2H3,(H,21,22). The molecule has 2 aromatic rings. The lowest BCUT2D eigenvalue weighted by Crippen LogP contribution is -2.35. The van der Waals surface area contributed by atoms with Crippen molar-refractivity contribution >= 4 is 11.6 Å². The lowest BCUT2D eigenvalue weighted by molar-refractivity contribution is -0.123. The SMILES string of the molecule is COc1ccccc1Oc1ccc(NC(=O)C2(C)CCNC2)cc1. The number of ether oxygens (including phenoxy) is 2. The number of rotatable bonds is 5. The van der Waals surface area contributed by atoms with E-state index in [1.807, 2.05) is 55.5 Å². The molecule has 2 aromatic carbocycles. The molecule has 126 valence electrons. The van der Waals surface area contributed by atoms with E-state index in [0.717, 1.165) is 18.7 Å². The zero-order valence-electron chi connectivity index (χ0n) is 14.0. The Morgan fingerprint density at radius 2 is 1.83 bits per heavy atom. The van der Waals surface area contributed by atoms with Crippen molar-refractivity contribution in [1.29, 1.82) is 0 Å². The number of benzene rings is 2. The van der Waals surface area contributed by atoms with Gasteiger partial charge in [0.2, 0.25) is 5.91 Å². The van der Waals surface area contributed by atoms with Gasteiger partial charge in [0.25, 0.3) is 0 Å². The molecule has 1 fully saturated rings. The first-order valence-electron chi connectivity index (χ1n) is 8.04. The van der Waals surface area contributed by atoms with Gasteiger partial charge < -0.3 is 20.1 Å². The molecule has 0 aliphatic carbocycles. The van der Waals surface area contributed by atoms with E-state index in [4.69, 9.17) is 9.47 Å². The monoisotopic (exact) mass is 326 g/mol. The predicted octanol–water partition coefficient (Wildman–Crippen LogP) is 3.43. The molecule has 0 bridgehead atoms. The maximum Gasteiger partial charge on any atom is 0.231 e. The van der Waals surface area contributed by atoms with Crippen molar-refractivity contribution in [1.82, 2.24) is 5.32 Å². The van der Waals surface area contributed by atoms with Gasteiger partial charge in [0.1, 0.15) is 5.75 Å². The van der Waals surface area contributed by atoms with Crippen molar-refractivity contribution in [2.45, 2.75) is 13.3 Å². The van der Waals surface area contributed by atoms with Gasteiger partial charge in [-0.25, -0.2) is 0 Å². The van der Waals surface area contributed by atoms with Crippen LogP contribution in [0.4, 0.5) is 5.69 Å². The van der Waals surface area contributed by atoms with Crippen LogP contribution in [-0.4, -0.2) is 26.1 Å². The van der Waals surface area contributed by atoms with Crippen LogP contribution in [0.3, 0.4) is 0 Å². The van der Waals surface area contributed by atoms with Crippen LogP contribution in [0.15, 0.2) is 48.5 Å². The van der Waals surface area contributed by atoms with Crippen molar-refractivity contribution in [3.63, 3.8) is 0 Å². The van der Waals surface area contributed by atoms with Gasteiger partial charge in [-0.3, -0.25) is 4.79 Å². The third kappa shape index (κ3) is 3.51. The molecule has 0 radical (unpaired) electrons. The Morgan fingerprint density at radius 1 is 1.12 bits per heavy atom. The van der Waals surface area contributed by atoms with Gasteiger partial charge in [0.05, 0.1) is 12.5 Å².